The summed E-state index contributed by atoms with van der Waals surface area (Å²) in [5, 5.41) is 26.3. The molecule has 3 N–H and O–H groups in total. The van der Waals surface area contributed by atoms with Gasteiger partial charge < -0.3 is 24.5 Å². The molecule has 1 amide bonds. The highest BCUT2D eigenvalue weighted by molar-refractivity contribution is 9.10. The number of hydrogen-bond acceptors (Lipinski definition) is 9. The summed E-state index contributed by atoms with van der Waals surface area (Å²) in [6.45, 7) is -0.426. The van der Waals surface area contributed by atoms with Crippen LogP contribution in [0, 0.1) is 10.1 Å². The van der Waals surface area contributed by atoms with E-state index in [-0.39, 0.29) is 22.6 Å². The molecule has 0 bridgehead atoms. The first kappa shape index (κ1) is 25.2. The second-order valence-corrected chi connectivity index (χ2v) is 8.54. The maximum Gasteiger partial charge on any atom is 0.411 e. The summed E-state index contributed by atoms with van der Waals surface area (Å²) in [4.78, 5) is 62.3. The van der Waals surface area contributed by atoms with Crippen molar-refractivity contribution in [1.29, 1.82) is 0 Å². The summed E-state index contributed by atoms with van der Waals surface area (Å²) in [5.41, 5.74) is -0.779. The van der Waals surface area contributed by atoms with Crippen LogP contribution in [0.1, 0.15) is 5.56 Å². The van der Waals surface area contributed by atoms with Crippen molar-refractivity contribution in [2.75, 3.05) is 10.6 Å². The molecule has 3 aromatic rings. The molecule has 0 saturated heterocycles. The summed E-state index contributed by atoms with van der Waals surface area (Å²) >= 11 is 3.28. The fraction of sp³-hybridized carbons (Fsp3) is 0.0870. The van der Waals surface area contributed by atoms with E-state index in [1.165, 1.54) is 23.0 Å². The van der Waals surface area contributed by atoms with Gasteiger partial charge in [0, 0.05) is 34.7 Å². The van der Waals surface area contributed by atoms with Crippen LogP contribution in [-0.2, 0) is 20.9 Å². The minimum atomic E-state index is -1.43. The third-order valence-electron chi connectivity index (χ3n) is 5.22. The molecule has 13 nitrogen and oxygen atoms in total. The highest BCUT2D eigenvalue weighted by atomic mass is 79.9. The number of pyridine rings is 1. The number of fused-ring (bicyclic) bond motifs is 1. The molecule has 4 rings (SSSR count). The van der Waals surface area contributed by atoms with Gasteiger partial charge in [0.15, 0.2) is 11.1 Å². The van der Waals surface area contributed by atoms with Crippen LogP contribution in [0.5, 0.6) is 0 Å². The van der Waals surface area contributed by atoms with Crippen molar-refractivity contribution in [1.82, 2.24) is 4.57 Å². The van der Waals surface area contributed by atoms with Gasteiger partial charge in [0.2, 0.25) is 0 Å². The maximum absolute atomic E-state index is 12.4. The lowest BCUT2D eigenvalue weighted by atomic mass is 10.1. The quantitative estimate of drug-likeness (QED) is 0.218. The van der Waals surface area contributed by atoms with E-state index >= 15 is 0 Å². The number of benzene rings is 2. The van der Waals surface area contributed by atoms with Gasteiger partial charge in [-0.25, -0.2) is 14.6 Å². The third-order valence-corrected chi connectivity index (χ3v) is 5.75. The van der Waals surface area contributed by atoms with Gasteiger partial charge >= 0.3 is 12.1 Å². The van der Waals surface area contributed by atoms with Crippen LogP contribution in [0.2, 0.25) is 0 Å². The average molecular weight is 570 g/mol. The number of nitro groups is 1. The van der Waals surface area contributed by atoms with E-state index in [9.17, 15) is 34.4 Å². The molecule has 1 unspecified atom stereocenters. The number of carboxylic acid groups (broad SMARTS) is 1. The molecule has 1 aliphatic rings. The van der Waals surface area contributed by atoms with Crippen molar-refractivity contribution in [2.24, 2.45) is 4.99 Å². The smallest absolute Gasteiger partial charge is 0.411 e. The Labute approximate surface area is 215 Å². The Bertz CT molecular complexity index is 1520. The maximum atomic E-state index is 12.4. The lowest BCUT2D eigenvalue weighted by molar-refractivity contribution is -0.384. The van der Waals surface area contributed by atoms with Gasteiger partial charge in [-0.05, 0) is 30.3 Å². The summed E-state index contributed by atoms with van der Waals surface area (Å²) in [5.74, 6) is -1.43. The lowest BCUT2D eigenvalue weighted by Gasteiger charge is -2.22. The van der Waals surface area contributed by atoms with E-state index in [1.54, 1.807) is 24.3 Å². The fourth-order valence-electron chi connectivity index (χ4n) is 3.46. The molecule has 0 spiro atoms. The Morgan fingerprint density at radius 1 is 1.27 bits per heavy atom. The van der Waals surface area contributed by atoms with E-state index in [1.807, 2.05) is 0 Å². The number of carbonyl (C=O) groups excluding carboxylic acids is 2. The molecule has 1 aromatic heterocycles. The van der Waals surface area contributed by atoms with Crippen molar-refractivity contribution in [3.63, 3.8) is 0 Å². The second-order valence-electron chi connectivity index (χ2n) is 7.63. The van der Waals surface area contributed by atoms with Gasteiger partial charge in [0.25, 0.3) is 5.69 Å². The number of nitro benzene ring substituents is 1. The van der Waals surface area contributed by atoms with E-state index < -0.39 is 46.5 Å². The zero-order valence-electron chi connectivity index (χ0n) is 18.6. The van der Waals surface area contributed by atoms with Crippen molar-refractivity contribution in [2.45, 2.75) is 12.6 Å². The number of amides is 1. The number of aromatic nitrogens is 1. The van der Waals surface area contributed by atoms with Gasteiger partial charge in [-0.15, -0.1) is 0 Å². The largest absolute Gasteiger partial charge is 0.477 e. The van der Waals surface area contributed by atoms with E-state index in [2.05, 4.69) is 31.6 Å². The van der Waals surface area contributed by atoms with E-state index in [0.717, 1.165) is 16.6 Å². The molecule has 0 fully saturated rings. The van der Waals surface area contributed by atoms with Crippen LogP contribution < -0.4 is 16.1 Å². The standard InChI is InChI=1S/C23H16BrN5O8/c24-13-1-3-14(4-2-13)25-23(34)37-11-12-9-28(6-5-20(12)31)18-7-16-15(8-19(18)29(35)36)26-17(10-30)21(27-16)22(32)33/h1-10,17,26H,11H2,(H,25,34)(H,32,33). The summed E-state index contributed by atoms with van der Waals surface area (Å²) in [6, 6.07) is 8.94. The number of rotatable bonds is 7. The number of nitrogens with zero attached hydrogens (tertiary/aromatic N) is 3. The molecule has 188 valence electrons. The first-order chi connectivity index (χ1) is 17.7. The number of aliphatic imine (C=N–C) groups is 1. The Hall–Kier alpha value is -4.85. The first-order valence-corrected chi connectivity index (χ1v) is 11.2. The summed E-state index contributed by atoms with van der Waals surface area (Å²) in [6.07, 6.45) is 2.05. The number of carboxylic acids is 1. The normalized spacial score (nSPS) is 14.0. The Morgan fingerprint density at radius 3 is 2.65 bits per heavy atom. The molecular weight excluding hydrogens is 554 g/mol. The number of halogens is 1. The zero-order valence-corrected chi connectivity index (χ0v) is 20.2. The molecule has 37 heavy (non-hydrogen) atoms. The second kappa shape index (κ2) is 10.4. The number of aliphatic carboxylic acids is 1. The Kier molecular flexibility index (Phi) is 7.11. The molecular formula is C23H16BrN5O8. The molecule has 14 heteroatoms. The number of aldehydes is 1. The first-order valence-electron chi connectivity index (χ1n) is 10.4. The van der Waals surface area contributed by atoms with Crippen LogP contribution in [0.25, 0.3) is 5.69 Å². The number of anilines is 2. The lowest BCUT2D eigenvalue weighted by Crippen LogP contribution is -2.38. The SMILES string of the molecule is O=CC1Nc2cc([N+](=O)[O-])c(-n3ccc(=O)c(COC(=O)Nc4ccc(Br)cc4)c3)cc2N=C1C(=O)O. The van der Waals surface area contributed by atoms with Crippen molar-refractivity contribution in [3.8, 4) is 5.69 Å². The summed E-state index contributed by atoms with van der Waals surface area (Å²) < 4.78 is 7.20. The number of nitrogens with one attached hydrogen (secondary N) is 2. The van der Waals surface area contributed by atoms with E-state index in [0.29, 0.717) is 12.0 Å². The van der Waals surface area contributed by atoms with Crippen LogP contribution in [0.4, 0.5) is 27.5 Å². The highest BCUT2D eigenvalue weighted by Gasteiger charge is 2.30. The fourth-order valence-corrected chi connectivity index (χ4v) is 3.72. The predicted octanol–water partition coefficient (Wildman–Crippen LogP) is 3.41. The van der Waals surface area contributed by atoms with E-state index in [4.69, 9.17) is 4.74 Å². The average Bonchev–Trinajstić information content (AvgIpc) is 2.87. The summed E-state index contributed by atoms with van der Waals surface area (Å²) in [7, 11) is 0. The van der Waals surface area contributed by atoms with Crippen LogP contribution >= 0.6 is 15.9 Å². The molecule has 0 aliphatic carbocycles. The number of ether oxygens (including phenoxy) is 1. The molecule has 2 heterocycles. The van der Waals surface area contributed by atoms with Crippen molar-refractivity contribution < 1.29 is 29.2 Å². The van der Waals surface area contributed by atoms with Crippen LogP contribution in [-0.4, -0.2) is 44.7 Å². The molecule has 1 aliphatic heterocycles. The van der Waals surface area contributed by atoms with Gasteiger partial charge in [-0.1, -0.05) is 15.9 Å². The Morgan fingerprint density at radius 2 is 2.00 bits per heavy atom. The number of hydrogen-bond donors (Lipinski definition) is 3. The van der Waals surface area contributed by atoms with Crippen molar-refractivity contribution in [3.05, 3.63) is 85.2 Å². The minimum absolute atomic E-state index is 0.0225. The van der Waals surface area contributed by atoms with Gasteiger partial charge in [0.1, 0.15) is 24.6 Å². The molecule has 0 radical (unpaired) electrons. The van der Waals surface area contributed by atoms with Gasteiger partial charge in [-0.3, -0.25) is 20.2 Å². The van der Waals surface area contributed by atoms with Gasteiger partial charge in [-0.2, -0.15) is 0 Å². The predicted molar refractivity (Wildman–Crippen MR) is 135 cm³/mol. The van der Waals surface area contributed by atoms with Crippen LogP contribution in [0.15, 0.2) is 69.1 Å². The van der Waals surface area contributed by atoms with Gasteiger partial charge in [0.05, 0.1) is 21.9 Å². The van der Waals surface area contributed by atoms with Crippen molar-refractivity contribution >= 4 is 62.7 Å². The monoisotopic (exact) mass is 569 g/mol. The molecule has 0 saturated carbocycles. The highest BCUT2D eigenvalue weighted by Crippen LogP contribution is 2.37. The van der Waals surface area contributed by atoms with Crippen LogP contribution in [0.3, 0.4) is 0 Å². The number of carbonyl (C=O) groups is 3. The third kappa shape index (κ3) is 5.54. The Balaban J connectivity index is 1.64. The molecule has 1 atom stereocenters. The topological polar surface area (TPSA) is 182 Å². The molecule has 2 aromatic carbocycles. The zero-order chi connectivity index (χ0) is 26.7. The minimum Gasteiger partial charge on any atom is -0.477 e.